The largest absolute Gasteiger partial charge is 0.362 e. The van der Waals surface area contributed by atoms with Crippen LogP contribution in [0.25, 0.3) is 11.0 Å². The van der Waals surface area contributed by atoms with Crippen molar-refractivity contribution < 1.29 is 0 Å². The third-order valence-electron chi connectivity index (χ3n) is 5.28. The molecule has 0 fully saturated rings. The molecular formula is C20H21N7. The molecule has 0 saturated carbocycles. The molecule has 3 heterocycles. The first-order valence-electron chi connectivity index (χ1n) is 9.27. The Bertz CT molecular complexity index is 1080. The van der Waals surface area contributed by atoms with Crippen molar-refractivity contribution in [2.24, 2.45) is 7.05 Å². The fourth-order valence-electron chi connectivity index (χ4n) is 3.90. The first-order valence-corrected chi connectivity index (χ1v) is 9.27. The fourth-order valence-corrected chi connectivity index (χ4v) is 3.90. The van der Waals surface area contributed by atoms with E-state index in [1.165, 1.54) is 16.8 Å². The van der Waals surface area contributed by atoms with Gasteiger partial charge in [0.25, 0.3) is 0 Å². The molecule has 0 saturated heterocycles. The van der Waals surface area contributed by atoms with Gasteiger partial charge in [-0.25, -0.2) is 9.97 Å². The fraction of sp³-hybridized carbons (Fsp3) is 0.300. The van der Waals surface area contributed by atoms with E-state index in [9.17, 15) is 0 Å². The number of fused-ring (bicyclic) bond motifs is 2. The average molecular weight is 359 g/mol. The molecule has 1 atom stereocenters. The molecule has 1 aromatic carbocycles. The highest BCUT2D eigenvalue weighted by Crippen LogP contribution is 2.33. The summed E-state index contributed by atoms with van der Waals surface area (Å²) in [6.07, 6.45) is 8.68. The zero-order chi connectivity index (χ0) is 18.2. The highest BCUT2D eigenvalue weighted by atomic mass is 15.3. The maximum atomic E-state index is 4.68. The first-order chi connectivity index (χ1) is 13.3. The highest BCUT2D eigenvalue weighted by molar-refractivity contribution is 5.86. The molecule has 0 unspecified atom stereocenters. The van der Waals surface area contributed by atoms with Crippen molar-refractivity contribution in [2.75, 3.05) is 5.32 Å². The van der Waals surface area contributed by atoms with Gasteiger partial charge in [0.1, 0.15) is 12.1 Å². The van der Waals surface area contributed by atoms with Gasteiger partial charge in [0, 0.05) is 18.3 Å². The Morgan fingerprint density at radius 2 is 2.00 bits per heavy atom. The van der Waals surface area contributed by atoms with E-state index in [1.807, 2.05) is 25.5 Å². The van der Waals surface area contributed by atoms with Gasteiger partial charge in [-0.2, -0.15) is 10.2 Å². The number of aromatic nitrogens is 6. The van der Waals surface area contributed by atoms with Gasteiger partial charge < -0.3 is 5.32 Å². The summed E-state index contributed by atoms with van der Waals surface area (Å²) in [6.45, 7) is 0.809. The third-order valence-corrected chi connectivity index (χ3v) is 5.28. The summed E-state index contributed by atoms with van der Waals surface area (Å²) in [5.41, 5.74) is 4.70. The van der Waals surface area contributed by atoms with Gasteiger partial charge in [-0.05, 0) is 24.8 Å². The second-order valence-corrected chi connectivity index (χ2v) is 7.01. The molecular weight excluding hydrogens is 338 g/mol. The van der Waals surface area contributed by atoms with Crippen molar-refractivity contribution in [3.8, 4) is 0 Å². The van der Waals surface area contributed by atoms with Crippen LogP contribution in [0, 0.1) is 0 Å². The maximum absolute atomic E-state index is 4.68. The Hall–Kier alpha value is -3.22. The van der Waals surface area contributed by atoms with Crippen molar-refractivity contribution in [2.45, 2.75) is 31.8 Å². The van der Waals surface area contributed by atoms with Crippen molar-refractivity contribution in [1.29, 1.82) is 0 Å². The number of aryl methyl sites for hydroxylation is 1. The molecule has 27 heavy (non-hydrogen) atoms. The Morgan fingerprint density at radius 3 is 2.89 bits per heavy atom. The number of hydrogen-bond acceptors (Lipinski definition) is 5. The first kappa shape index (κ1) is 16.0. The summed E-state index contributed by atoms with van der Waals surface area (Å²) < 4.78 is 3.91. The van der Waals surface area contributed by atoms with E-state index in [1.54, 1.807) is 11.0 Å². The number of benzene rings is 1. The minimum atomic E-state index is 0.205. The SMILES string of the molecule is Cn1ncc2c(N[C@@H]3CCCc4c3cnn4Cc3ccccc3)ncnc21. The van der Waals surface area contributed by atoms with E-state index >= 15 is 0 Å². The molecule has 1 N–H and O–H groups in total. The van der Waals surface area contributed by atoms with Crippen LogP contribution in [0.5, 0.6) is 0 Å². The topological polar surface area (TPSA) is 73.5 Å². The number of rotatable bonds is 4. The van der Waals surface area contributed by atoms with Crippen LogP contribution in [-0.2, 0) is 20.0 Å². The van der Waals surface area contributed by atoms with Crippen molar-refractivity contribution in [1.82, 2.24) is 29.5 Å². The van der Waals surface area contributed by atoms with Gasteiger partial charge in [-0.1, -0.05) is 30.3 Å². The second-order valence-electron chi connectivity index (χ2n) is 7.01. The molecule has 0 aliphatic heterocycles. The molecule has 0 spiro atoms. The van der Waals surface area contributed by atoms with Crippen molar-refractivity contribution in [3.05, 3.63) is 65.9 Å². The molecule has 4 aromatic rings. The van der Waals surface area contributed by atoms with Crippen molar-refractivity contribution >= 4 is 16.9 Å². The number of anilines is 1. The van der Waals surface area contributed by atoms with Gasteiger partial charge in [-0.3, -0.25) is 9.36 Å². The standard InChI is InChI=1S/C20H21N7/c1-26-20-16(11-23-26)19(21-13-22-20)25-17-8-5-9-18-15(17)10-24-27(18)12-14-6-3-2-4-7-14/h2-4,6-7,10-11,13,17H,5,8-9,12H2,1H3,(H,21,22,25)/t17-/m1/s1. The van der Waals surface area contributed by atoms with E-state index in [0.29, 0.717) is 0 Å². The molecule has 7 heteroatoms. The highest BCUT2D eigenvalue weighted by Gasteiger charge is 2.25. The summed E-state index contributed by atoms with van der Waals surface area (Å²) in [7, 11) is 1.89. The van der Waals surface area contributed by atoms with E-state index in [0.717, 1.165) is 42.7 Å². The summed E-state index contributed by atoms with van der Waals surface area (Å²) in [5.74, 6) is 0.835. The van der Waals surface area contributed by atoms with Crippen LogP contribution in [0.15, 0.2) is 49.1 Å². The molecule has 0 radical (unpaired) electrons. The number of nitrogens with one attached hydrogen (secondary N) is 1. The Balaban J connectivity index is 1.45. The minimum Gasteiger partial charge on any atom is -0.362 e. The molecule has 7 nitrogen and oxygen atoms in total. The van der Waals surface area contributed by atoms with Crippen LogP contribution in [0.3, 0.4) is 0 Å². The smallest absolute Gasteiger partial charge is 0.163 e. The van der Waals surface area contributed by atoms with Gasteiger partial charge >= 0.3 is 0 Å². The predicted molar refractivity (Wildman–Crippen MR) is 103 cm³/mol. The predicted octanol–water partition coefficient (Wildman–Crippen LogP) is 3.10. The lowest BCUT2D eigenvalue weighted by atomic mass is 9.93. The molecule has 0 amide bonds. The summed E-state index contributed by atoms with van der Waals surface area (Å²) in [5, 5.41) is 13.5. The Kier molecular flexibility index (Phi) is 3.85. The third kappa shape index (κ3) is 2.85. The quantitative estimate of drug-likeness (QED) is 0.606. The lowest BCUT2D eigenvalue weighted by Crippen LogP contribution is -2.19. The number of nitrogens with zero attached hydrogens (tertiary/aromatic N) is 6. The molecule has 5 rings (SSSR count). The van der Waals surface area contributed by atoms with E-state index < -0.39 is 0 Å². The van der Waals surface area contributed by atoms with Crippen LogP contribution in [0.4, 0.5) is 5.82 Å². The van der Waals surface area contributed by atoms with Crippen LogP contribution in [0.1, 0.15) is 35.7 Å². The molecule has 136 valence electrons. The second kappa shape index (κ2) is 6.50. The van der Waals surface area contributed by atoms with Gasteiger partial charge in [0.15, 0.2) is 5.65 Å². The lowest BCUT2D eigenvalue weighted by Gasteiger charge is -2.25. The van der Waals surface area contributed by atoms with Gasteiger partial charge in [0.05, 0.1) is 30.4 Å². The van der Waals surface area contributed by atoms with E-state index in [2.05, 4.69) is 54.4 Å². The van der Waals surface area contributed by atoms with Gasteiger partial charge in [-0.15, -0.1) is 0 Å². The van der Waals surface area contributed by atoms with Crippen LogP contribution < -0.4 is 5.32 Å². The Morgan fingerprint density at radius 1 is 1.11 bits per heavy atom. The minimum absolute atomic E-state index is 0.205. The summed E-state index contributed by atoms with van der Waals surface area (Å²) >= 11 is 0. The van der Waals surface area contributed by atoms with E-state index in [-0.39, 0.29) is 6.04 Å². The normalized spacial score (nSPS) is 16.4. The summed E-state index contributed by atoms with van der Waals surface area (Å²) in [6, 6.07) is 10.7. The van der Waals surface area contributed by atoms with Crippen LogP contribution in [-0.4, -0.2) is 29.5 Å². The molecule has 1 aliphatic rings. The van der Waals surface area contributed by atoms with Crippen LogP contribution >= 0.6 is 0 Å². The monoisotopic (exact) mass is 359 g/mol. The zero-order valence-electron chi connectivity index (χ0n) is 15.2. The Labute approximate surface area is 157 Å². The maximum Gasteiger partial charge on any atom is 0.163 e. The molecule has 1 aliphatic carbocycles. The van der Waals surface area contributed by atoms with Gasteiger partial charge in [0.2, 0.25) is 0 Å². The average Bonchev–Trinajstić information content (AvgIpc) is 3.28. The number of hydrogen-bond donors (Lipinski definition) is 1. The van der Waals surface area contributed by atoms with Crippen molar-refractivity contribution in [3.63, 3.8) is 0 Å². The molecule has 3 aromatic heterocycles. The van der Waals surface area contributed by atoms with E-state index in [4.69, 9.17) is 0 Å². The molecule has 0 bridgehead atoms. The lowest BCUT2D eigenvalue weighted by molar-refractivity contribution is 0.556. The zero-order valence-corrected chi connectivity index (χ0v) is 15.2. The summed E-state index contributed by atoms with van der Waals surface area (Å²) in [4.78, 5) is 8.78. The van der Waals surface area contributed by atoms with Crippen LogP contribution in [0.2, 0.25) is 0 Å².